The molecule has 0 radical (unpaired) electrons. The SMILES string of the molecule is COc1ccccc1CN(C)C(=O)CCC(C)(C)N. The van der Waals surface area contributed by atoms with Gasteiger partial charge in [-0.2, -0.15) is 0 Å². The lowest BCUT2D eigenvalue weighted by Gasteiger charge is -2.22. The Morgan fingerprint density at radius 3 is 2.58 bits per heavy atom. The first kappa shape index (κ1) is 15.5. The molecule has 0 bridgehead atoms. The van der Waals surface area contributed by atoms with Gasteiger partial charge in [-0.3, -0.25) is 4.79 Å². The van der Waals surface area contributed by atoms with Gasteiger partial charge in [0.05, 0.1) is 7.11 Å². The molecule has 0 saturated heterocycles. The number of methoxy groups -OCH3 is 1. The van der Waals surface area contributed by atoms with E-state index in [1.165, 1.54) is 0 Å². The fourth-order valence-electron chi connectivity index (χ4n) is 1.80. The van der Waals surface area contributed by atoms with E-state index in [2.05, 4.69) is 0 Å². The number of ether oxygens (including phenoxy) is 1. The summed E-state index contributed by atoms with van der Waals surface area (Å²) in [4.78, 5) is 13.7. The van der Waals surface area contributed by atoms with Crippen LogP contribution in [0.2, 0.25) is 0 Å². The number of nitrogens with two attached hydrogens (primary N) is 1. The van der Waals surface area contributed by atoms with Gasteiger partial charge in [0.2, 0.25) is 5.91 Å². The summed E-state index contributed by atoms with van der Waals surface area (Å²) < 4.78 is 5.28. The van der Waals surface area contributed by atoms with E-state index in [1.54, 1.807) is 19.1 Å². The van der Waals surface area contributed by atoms with Crippen LogP contribution < -0.4 is 10.5 Å². The molecule has 1 rings (SSSR count). The van der Waals surface area contributed by atoms with Crippen LogP contribution in [0.5, 0.6) is 5.75 Å². The molecule has 0 fully saturated rings. The van der Waals surface area contributed by atoms with Gasteiger partial charge in [0, 0.05) is 31.1 Å². The second kappa shape index (κ2) is 6.57. The second-order valence-electron chi connectivity index (χ2n) is 5.55. The Morgan fingerprint density at radius 1 is 1.37 bits per heavy atom. The van der Waals surface area contributed by atoms with Gasteiger partial charge in [-0.05, 0) is 26.3 Å². The lowest BCUT2D eigenvalue weighted by atomic mass is 10.00. The van der Waals surface area contributed by atoms with E-state index < -0.39 is 0 Å². The van der Waals surface area contributed by atoms with Gasteiger partial charge < -0.3 is 15.4 Å². The van der Waals surface area contributed by atoms with E-state index in [1.807, 2.05) is 38.1 Å². The van der Waals surface area contributed by atoms with Crippen molar-refractivity contribution in [2.75, 3.05) is 14.2 Å². The molecule has 1 amide bonds. The summed E-state index contributed by atoms with van der Waals surface area (Å²) in [5.74, 6) is 0.908. The summed E-state index contributed by atoms with van der Waals surface area (Å²) in [6.45, 7) is 4.41. The number of hydrogen-bond donors (Lipinski definition) is 1. The third-order valence-corrected chi connectivity index (χ3v) is 3.01. The zero-order valence-corrected chi connectivity index (χ0v) is 12.3. The van der Waals surface area contributed by atoms with Crippen LogP contribution in [0.4, 0.5) is 0 Å². The minimum atomic E-state index is -0.305. The zero-order chi connectivity index (χ0) is 14.5. The maximum absolute atomic E-state index is 12.0. The smallest absolute Gasteiger partial charge is 0.222 e. The number of amides is 1. The Bertz CT molecular complexity index is 424. The van der Waals surface area contributed by atoms with Crippen molar-refractivity contribution in [3.63, 3.8) is 0 Å². The van der Waals surface area contributed by atoms with E-state index >= 15 is 0 Å². The molecule has 0 heterocycles. The summed E-state index contributed by atoms with van der Waals surface area (Å²) in [6, 6.07) is 7.73. The molecule has 19 heavy (non-hydrogen) atoms. The van der Waals surface area contributed by atoms with Crippen molar-refractivity contribution in [2.24, 2.45) is 5.73 Å². The Balaban J connectivity index is 2.59. The van der Waals surface area contributed by atoms with Gasteiger partial charge in [-0.1, -0.05) is 18.2 Å². The van der Waals surface area contributed by atoms with Gasteiger partial charge >= 0.3 is 0 Å². The molecule has 0 spiro atoms. The highest BCUT2D eigenvalue weighted by atomic mass is 16.5. The van der Waals surface area contributed by atoms with Crippen LogP contribution in [-0.4, -0.2) is 30.5 Å². The standard InChI is InChI=1S/C15H24N2O2/c1-15(2,16)10-9-14(18)17(3)11-12-7-5-6-8-13(12)19-4/h5-8H,9-11,16H2,1-4H3. The first-order chi connectivity index (χ1) is 8.83. The van der Waals surface area contributed by atoms with Gasteiger partial charge in [-0.15, -0.1) is 0 Å². The Labute approximate surface area is 115 Å². The Hall–Kier alpha value is -1.55. The largest absolute Gasteiger partial charge is 0.496 e. The maximum atomic E-state index is 12.0. The summed E-state index contributed by atoms with van der Waals surface area (Å²) >= 11 is 0. The van der Waals surface area contributed by atoms with Crippen molar-refractivity contribution in [3.8, 4) is 5.75 Å². The highest BCUT2D eigenvalue weighted by Crippen LogP contribution is 2.19. The van der Waals surface area contributed by atoms with Crippen molar-refractivity contribution in [1.82, 2.24) is 4.90 Å². The predicted octanol–water partition coefficient (Wildman–Crippen LogP) is 2.17. The highest BCUT2D eigenvalue weighted by Gasteiger charge is 2.16. The van der Waals surface area contributed by atoms with Crippen molar-refractivity contribution in [1.29, 1.82) is 0 Å². The molecule has 0 aliphatic carbocycles. The molecule has 1 aromatic carbocycles. The topological polar surface area (TPSA) is 55.6 Å². The van der Waals surface area contributed by atoms with Gasteiger partial charge in [0.15, 0.2) is 0 Å². The monoisotopic (exact) mass is 264 g/mol. The minimum Gasteiger partial charge on any atom is -0.496 e. The van der Waals surface area contributed by atoms with Crippen LogP contribution >= 0.6 is 0 Å². The third-order valence-electron chi connectivity index (χ3n) is 3.01. The van der Waals surface area contributed by atoms with Crippen molar-refractivity contribution < 1.29 is 9.53 Å². The van der Waals surface area contributed by atoms with Gasteiger partial charge in [0.25, 0.3) is 0 Å². The molecule has 2 N–H and O–H groups in total. The number of carbonyl (C=O) groups is 1. The van der Waals surface area contributed by atoms with Crippen LogP contribution in [0.25, 0.3) is 0 Å². The first-order valence-corrected chi connectivity index (χ1v) is 6.48. The van der Waals surface area contributed by atoms with Crippen LogP contribution in [0.1, 0.15) is 32.3 Å². The predicted molar refractivity (Wildman–Crippen MR) is 77.0 cm³/mol. The lowest BCUT2D eigenvalue weighted by molar-refractivity contribution is -0.130. The molecule has 106 valence electrons. The third kappa shape index (κ3) is 5.30. The molecule has 0 aliphatic heterocycles. The van der Waals surface area contributed by atoms with Crippen molar-refractivity contribution in [3.05, 3.63) is 29.8 Å². The Morgan fingerprint density at radius 2 is 2.00 bits per heavy atom. The summed E-state index contributed by atoms with van der Waals surface area (Å²) in [5.41, 5.74) is 6.59. The molecular formula is C15H24N2O2. The average Bonchev–Trinajstić information content (AvgIpc) is 2.35. The molecule has 0 aromatic heterocycles. The van der Waals surface area contributed by atoms with Gasteiger partial charge in [-0.25, -0.2) is 0 Å². The summed E-state index contributed by atoms with van der Waals surface area (Å²) in [7, 11) is 3.44. The average molecular weight is 264 g/mol. The fraction of sp³-hybridized carbons (Fsp3) is 0.533. The number of nitrogens with zero attached hydrogens (tertiary/aromatic N) is 1. The number of carbonyl (C=O) groups excluding carboxylic acids is 1. The lowest BCUT2D eigenvalue weighted by Crippen LogP contribution is -2.34. The van der Waals surface area contributed by atoms with Crippen LogP contribution in [0.3, 0.4) is 0 Å². The molecule has 4 nitrogen and oxygen atoms in total. The fourth-order valence-corrected chi connectivity index (χ4v) is 1.80. The molecule has 0 aliphatic rings. The first-order valence-electron chi connectivity index (χ1n) is 6.48. The molecule has 4 heteroatoms. The quantitative estimate of drug-likeness (QED) is 0.856. The maximum Gasteiger partial charge on any atom is 0.222 e. The second-order valence-corrected chi connectivity index (χ2v) is 5.55. The highest BCUT2D eigenvalue weighted by molar-refractivity contribution is 5.76. The number of rotatable bonds is 6. The molecule has 0 atom stereocenters. The van der Waals surface area contributed by atoms with Crippen LogP contribution in [0.15, 0.2) is 24.3 Å². The zero-order valence-electron chi connectivity index (χ0n) is 12.3. The molecular weight excluding hydrogens is 240 g/mol. The van der Waals surface area contributed by atoms with E-state index in [-0.39, 0.29) is 11.4 Å². The number of benzene rings is 1. The Kier molecular flexibility index (Phi) is 5.36. The van der Waals surface area contributed by atoms with E-state index in [9.17, 15) is 4.79 Å². The molecule has 0 saturated carbocycles. The number of para-hydroxylation sites is 1. The normalized spacial score (nSPS) is 11.2. The summed E-state index contributed by atoms with van der Waals surface area (Å²) in [5, 5.41) is 0. The van der Waals surface area contributed by atoms with E-state index in [4.69, 9.17) is 10.5 Å². The van der Waals surface area contributed by atoms with Crippen molar-refractivity contribution >= 4 is 5.91 Å². The van der Waals surface area contributed by atoms with Crippen molar-refractivity contribution in [2.45, 2.75) is 38.8 Å². The number of hydrogen-bond acceptors (Lipinski definition) is 3. The van der Waals surface area contributed by atoms with Gasteiger partial charge in [0.1, 0.15) is 5.75 Å². The van der Waals surface area contributed by atoms with Crippen LogP contribution in [-0.2, 0) is 11.3 Å². The van der Waals surface area contributed by atoms with E-state index in [0.29, 0.717) is 19.4 Å². The van der Waals surface area contributed by atoms with Crippen LogP contribution in [0, 0.1) is 0 Å². The molecule has 1 aromatic rings. The summed E-state index contributed by atoms with van der Waals surface area (Å²) in [6.07, 6.45) is 1.15. The van der Waals surface area contributed by atoms with E-state index in [0.717, 1.165) is 11.3 Å². The minimum absolute atomic E-state index is 0.101. The molecule has 0 unspecified atom stereocenters.